The van der Waals surface area contributed by atoms with Gasteiger partial charge in [-0.05, 0) is 24.3 Å². The molecule has 33 heavy (non-hydrogen) atoms. The zero-order chi connectivity index (χ0) is 24.1. The van der Waals surface area contributed by atoms with E-state index in [2.05, 4.69) is 4.74 Å². The molecule has 2 aromatic rings. The maximum atomic E-state index is 12.8. The first-order chi connectivity index (χ1) is 15.8. The van der Waals surface area contributed by atoms with E-state index >= 15 is 0 Å². The van der Waals surface area contributed by atoms with E-state index in [9.17, 15) is 14.4 Å². The van der Waals surface area contributed by atoms with E-state index in [1.54, 1.807) is 30.3 Å². The second-order valence-corrected chi connectivity index (χ2v) is 7.03. The van der Waals surface area contributed by atoms with Crippen LogP contribution in [0.25, 0.3) is 6.08 Å². The lowest BCUT2D eigenvalue weighted by Crippen LogP contribution is -2.20. The fourth-order valence-electron chi connectivity index (χ4n) is 3.62. The number of esters is 3. The second kappa shape index (κ2) is 10.1. The summed E-state index contributed by atoms with van der Waals surface area (Å²) >= 11 is 0. The number of carbonyl (C=O) groups excluding carboxylic acids is 3. The molecule has 0 aromatic heterocycles. The van der Waals surface area contributed by atoms with Gasteiger partial charge >= 0.3 is 17.9 Å². The minimum absolute atomic E-state index is 0.296. The first-order valence-electron chi connectivity index (χ1n) is 9.91. The Bertz CT molecular complexity index is 1100. The second-order valence-electron chi connectivity index (χ2n) is 7.03. The Labute approximate surface area is 190 Å². The van der Waals surface area contributed by atoms with Crippen LogP contribution in [0.5, 0.6) is 23.0 Å². The highest BCUT2D eigenvalue weighted by Gasteiger charge is 2.43. The van der Waals surface area contributed by atoms with Gasteiger partial charge in [-0.1, -0.05) is 0 Å². The summed E-state index contributed by atoms with van der Waals surface area (Å²) in [4.78, 5) is 35.7. The van der Waals surface area contributed by atoms with Gasteiger partial charge in [0.25, 0.3) is 0 Å². The van der Waals surface area contributed by atoms with E-state index in [0.29, 0.717) is 39.7 Å². The van der Waals surface area contributed by atoms with Crippen LogP contribution in [0.1, 0.15) is 35.6 Å². The molecule has 3 rings (SSSR count). The van der Waals surface area contributed by atoms with Crippen molar-refractivity contribution in [3.63, 3.8) is 0 Å². The first kappa shape index (κ1) is 23.6. The van der Waals surface area contributed by atoms with E-state index < -0.39 is 29.9 Å². The third-order valence-corrected chi connectivity index (χ3v) is 5.08. The summed E-state index contributed by atoms with van der Waals surface area (Å²) < 4.78 is 31.9. The summed E-state index contributed by atoms with van der Waals surface area (Å²) in [6.45, 7) is 1.30. The van der Waals surface area contributed by atoms with Gasteiger partial charge in [-0.25, -0.2) is 4.79 Å². The Morgan fingerprint density at radius 2 is 1.64 bits per heavy atom. The van der Waals surface area contributed by atoms with Crippen LogP contribution in [0.15, 0.2) is 36.4 Å². The highest BCUT2D eigenvalue weighted by atomic mass is 16.5. The lowest BCUT2D eigenvalue weighted by Gasteiger charge is -2.20. The van der Waals surface area contributed by atoms with Gasteiger partial charge in [0.15, 0.2) is 0 Å². The molecule has 1 heterocycles. The van der Waals surface area contributed by atoms with Gasteiger partial charge in [-0.2, -0.15) is 0 Å². The molecule has 1 aliphatic rings. The average Bonchev–Trinajstić information content (AvgIpc) is 3.18. The van der Waals surface area contributed by atoms with Crippen molar-refractivity contribution in [3.8, 4) is 23.0 Å². The van der Waals surface area contributed by atoms with Crippen molar-refractivity contribution in [3.05, 3.63) is 53.1 Å². The summed E-state index contributed by atoms with van der Waals surface area (Å²) in [7, 11) is 5.51. The van der Waals surface area contributed by atoms with Gasteiger partial charge in [0.05, 0.1) is 28.4 Å². The standard InChI is InChI=1S/C24H24O9/c1-13(25)32-15-7-8-16(19(11-15)29-3)23-22(24(27)31-5)17-10-14(6-9-21(26)30-4)18(28-2)12-20(17)33-23/h6-12,22-23H,1-5H3/b9-6+/t22-,23+/m1/s1. The minimum Gasteiger partial charge on any atom is -0.496 e. The van der Waals surface area contributed by atoms with E-state index in [1.807, 2.05) is 0 Å². The van der Waals surface area contributed by atoms with Crippen LogP contribution in [0, 0.1) is 0 Å². The van der Waals surface area contributed by atoms with Crippen molar-refractivity contribution in [2.75, 3.05) is 28.4 Å². The van der Waals surface area contributed by atoms with Crippen molar-refractivity contribution < 1.29 is 42.8 Å². The third kappa shape index (κ3) is 4.92. The predicted molar refractivity (Wildman–Crippen MR) is 116 cm³/mol. The summed E-state index contributed by atoms with van der Waals surface area (Å²) in [6, 6.07) is 8.14. The van der Waals surface area contributed by atoms with Crippen LogP contribution in [0.2, 0.25) is 0 Å². The highest BCUT2D eigenvalue weighted by Crippen LogP contribution is 2.51. The van der Waals surface area contributed by atoms with E-state index in [1.165, 1.54) is 47.5 Å². The maximum Gasteiger partial charge on any atom is 0.330 e. The number of benzene rings is 2. The molecule has 9 heteroatoms. The van der Waals surface area contributed by atoms with Gasteiger partial charge in [-0.15, -0.1) is 0 Å². The number of hydrogen-bond acceptors (Lipinski definition) is 9. The zero-order valence-electron chi connectivity index (χ0n) is 18.9. The van der Waals surface area contributed by atoms with Gasteiger partial charge in [-0.3, -0.25) is 9.59 Å². The molecule has 2 atom stereocenters. The number of ether oxygens (including phenoxy) is 6. The number of methoxy groups -OCH3 is 4. The number of rotatable bonds is 7. The number of carbonyl (C=O) groups is 3. The largest absolute Gasteiger partial charge is 0.496 e. The number of fused-ring (bicyclic) bond motifs is 1. The molecule has 0 amide bonds. The lowest BCUT2D eigenvalue weighted by atomic mass is 9.89. The van der Waals surface area contributed by atoms with Crippen molar-refractivity contribution in [2.24, 2.45) is 0 Å². The molecular formula is C24H24O9. The Morgan fingerprint density at radius 3 is 2.24 bits per heavy atom. The predicted octanol–water partition coefficient (Wildman–Crippen LogP) is 3.21. The van der Waals surface area contributed by atoms with Crippen molar-refractivity contribution in [1.29, 1.82) is 0 Å². The SMILES string of the molecule is COC(=O)/C=C/c1cc2c(cc1OC)O[C@@H](c1ccc(OC(C)=O)cc1OC)[C@@H]2C(=O)OC. The molecule has 0 N–H and O–H groups in total. The van der Waals surface area contributed by atoms with Crippen LogP contribution >= 0.6 is 0 Å². The molecule has 0 unspecified atom stereocenters. The normalized spacial score (nSPS) is 16.5. The summed E-state index contributed by atoms with van der Waals surface area (Å²) in [5.41, 5.74) is 1.67. The molecule has 0 bridgehead atoms. The smallest absolute Gasteiger partial charge is 0.330 e. The first-order valence-corrected chi connectivity index (χ1v) is 9.91. The Hall–Kier alpha value is -4.01. The molecule has 2 aromatic carbocycles. The van der Waals surface area contributed by atoms with Crippen LogP contribution < -0.4 is 18.9 Å². The highest BCUT2D eigenvalue weighted by molar-refractivity contribution is 5.88. The average molecular weight is 456 g/mol. The monoisotopic (exact) mass is 456 g/mol. The van der Waals surface area contributed by atoms with E-state index in [-0.39, 0.29) is 0 Å². The zero-order valence-corrected chi connectivity index (χ0v) is 18.9. The molecule has 0 saturated heterocycles. The molecule has 0 saturated carbocycles. The van der Waals surface area contributed by atoms with Gasteiger partial charge in [0, 0.05) is 41.8 Å². The van der Waals surface area contributed by atoms with Crippen molar-refractivity contribution >= 4 is 24.0 Å². The molecule has 0 aliphatic carbocycles. The molecule has 0 spiro atoms. The molecule has 0 fully saturated rings. The molecular weight excluding hydrogens is 432 g/mol. The van der Waals surface area contributed by atoms with Gasteiger partial charge in [0.2, 0.25) is 0 Å². The third-order valence-electron chi connectivity index (χ3n) is 5.08. The van der Waals surface area contributed by atoms with Crippen LogP contribution in [0.3, 0.4) is 0 Å². The topological polar surface area (TPSA) is 107 Å². The quantitative estimate of drug-likeness (QED) is 0.353. The van der Waals surface area contributed by atoms with E-state index in [0.717, 1.165) is 0 Å². The van der Waals surface area contributed by atoms with Gasteiger partial charge in [0.1, 0.15) is 35.0 Å². The Morgan fingerprint density at radius 1 is 0.909 bits per heavy atom. The number of hydrogen-bond donors (Lipinski definition) is 0. The molecule has 0 radical (unpaired) electrons. The van der Waals surface area contributed by atoms with Crippen LogP contribution in [-0.4, -0.2) is 46.3 Å². The molecule has 9 nitrogen and oxygen atoms in total. The summed E-state index contributed by atoms with van der Waals surface area (Å²) in [6.07, 6.45) is 2.00. The lowest BCUT2D eigenvalue weighted by molar-refractivity contribution is -0.144. The minimum atomic E-state index is -0.824. The Kier molecular flexibility index (Phi) is 7.22. The summed E-state index contributed by atoms with van der Waals surface area (Å²) in [5.74, 6) is -0.810. The fourth-order valence-corrected chi connectivity index (χ4v) is 3.62. The van der Waals surface area contributed by atoms with E-state index in [4.69, 9.17) is 23.7 Å². The Balaban J connectivity index is 2.09. The van der Waals surface area contributed by atoms with Gasteiger partial charge < -0.3 is 28.4 Å². The molecule has 1 aliphatic heterocycles. The van der Waals surface area contributed by atoms with Crippen molar-refractivity contribution in [1.82, 2.24) is 0 Å². The molecule has 174 valence electrons. The van der Waals surface area contributed by atoms with Crippen molar-refractivity contribution in [2.45, 2.75) is 18.9 Å². The summed E-state index contributed by atoms with van der Waals surface area (Å²) in [5, 5.41) is 0. The maximum absolute atomic E-state index is 12.8. The van der Waals surface area contributed by atoms with Crippen LogP contribution in [-0.2, 0) is 23.9 Å². The fraction of sp³-hybridized carbons (Fsp3) is 0.292. The van der Waals surface area contributed by atoms with Crippen LogP contribution in [0.4, 0.5) is 0 Å².